The minimum absolute atomic E-state index is 0.0787. The van der Waals surface area contributed by atoms with Crippen LogP contribution >= 0.6 is 11.8 Å². The van der Waals surface area contributed by atoms with Crippen molar-refractivity contribution in [2.75, 3.05) is 14.1 Å². The molecule has 0 aliphatic carbocycles. The van der Waals surface area contributed by atoms with E-state index in [1.807, 2.05) is 35.9 Å². The van der Waals surface area contributed by atoms with Crippen LogP contribution in [-0.2, 0) is 4.79 Å². The van der Waals surface area contributed by atoms with Gasteiger partial charge in [-0.3, -0.25) is 4.79 Å². The molecule has 114 valence electrons. The highest BCUT2D eigenvalue weighted by atomic mass is 32.2. The van der Waals surface area contributed by atoms with Crippen LogP contribution in [0.15, 0.2) is 47.4 Å². The molecule has 0 spiro atoms. The number of carbonyl (C=O) groups excluding carboxylic acids is 1. The van der Waals surface area contributed by atoms with E-state index in [4.69, 9.17) is 0 Å². The average molecular weight is 313 g/mol. The van der Waals surface area contributed by atoms with Gasteiger partial charge in [0.25, 0.3) is 5.91 Å². The standard InChI is InChI=1S/C17H19N3OS/c1-12-11-14(20(18-12)13-7-5-4-6-8-13)15-9-10-16(22-15)17(21)19(2)3/h4-8,10-11,15H,9H2,1-3H3. The van der Waals surface area contributed by atoms with Gasteiger partial charge in [0.2, 0.25) is 0 Å². The molecule has 5 heteroatoms. The number of rotatable bonds is 3. The van der Waals surface area contributed by atoms with Crippen molar-refractivity contribution in [3.63, 3.8) is 0 Å². The molecule has 1 aliphatic heterocycles. The number of allylic oxidation sites excluding steroid dienone is 1. The van der Waals surface area contributed by atoms with Gasteiger partial charge in [-0.2, -0.15) is 5.10 Å². The molecular weight excluding hydrogens is 294 g/mol. The van der Waals surface area contributed by atoms with E-state index in [0.29, 0.717) is 0 Å². The lowest BCUT2D eigenvalue weighted by atomic mass is 10.2. The Hall–Kier alpha value is -2.01. The number of hydrogen-bond acceptors (Lipinski definition) is 3. The Balaban J connectivity index is 1.87. The summed E-state index contributed by atoms with van der Waals surface area (Å²) in [6.45, 7) is 2.00. The lowest BCUT2D eigenvalue weighted by molar-refractivity contribution is -0.123. The minimum Gasteiger partial charge on any atom is -0.344 e. The van der Waals surface area contributed by atoms with Crippen LogP contribution in [0.2, 0.25) is 0 Å². The molecule has 1 unspecified atom stereocenters. The van der Waals surface area contributed by atoms with E-state index in [1.54, 1.807) is 30.8 Å². The molecule has 2 aromatic rings. The van der Waals surface area contributed by atoms with Gasteiger partial charge in [-0.15, -0.1) is 11.8 Å². The molecule has 1 aliphatic rings. The second-order valence-corrected chi connectivity index (χ2v) is 6.81. The fourth-order valence-corrected chi connectivity index (χ4v) is 3.79. The van der Waals surface area contributed by atoms with Gasteiger partial charge in [0.15, 0.2) is 0 Å². The molecule has 4 nitrogen and oxygen atoms in total. The first-order chi connectivity index (χ1) is 10.6. The zero-order valence-corrected chi connectivity index (χ0v) is 13.8. The van der Waals surface area contributed by atoms with Crippen LogP contribution in [0.3, 0.4) is 0 Å². The third-order valence-electron chi connectivity index (χ3n) is 3.59. The van der Waals surface area contributed by atoms with Gasteiger partial charge >= 0.3 is 0 Å². The fraction of sp³-hybridized carbons (Fsp3) is 0.294. The Kier molecular flexibility index (Phi) is 4.07. The van der Waals surface area contributed by atoms with Gasteiger partial charge in [0, 0.05) is 14.1 Å². The van der Waals surface area contributed by atoms with Gasteiger partial charge in [-0.1, -0.05) is 24.3 Å². The highest BCUT2D eigenvalue weighted by Crippen LogP contribution is 2.44. The van der Waals surface area contributed by atoms with Crippen LogP contribution < -0.4 is 0 Å². The summed E-state index contributed by atoms with van der Waals surface area (Å²) in [5.74, 6) is 0.0787. The lowest BCUT2D eigenvalue weighted by Gasteiger charge is -2.14. The van der Waals surface area contributed by atoms with Crippen molar-refractivity contribution in [3.05, 3.63) is 58.8 Å². The number of amides is 1. The molecular formula is C17H19N3OS. The van der Waals surface area contributed by atoms with E-state index < -0.39 is 0 Å². The summed E-state index contributed by atoms with van der Waals surface area (Å²) in [5, 5.41) is 4.85. The molecule has 0 N–H and O–H groups in total. The summed E-state index contributed by atoms with van der Waals surface area (Å²) in [5.41, 5.74) is 3.19. The predicted molar refractivity (Wildman–Crippen MR) is 90.0 cm³/mol. The largest absolute Gasteiger partial charge is 0.344 e. The topological polar surface area (TPSA) is 38.1 Å². The van der Waals surface area contributed by atoms with Crippen LogP contribution in [0.25, 0.3) is 5.69 Å². The van der Waals surface area contributed by atoms with Gasteiger partial charge in [0.05, 0.1) is 27.2 Å². The summed E-state index contributed by atoms with van der Waals surface area (Å²) in [4.78, 5) is 14.5. The van der Waals surface area contributed by atoms with E-state index in [2.05, 4.69) is 23.3 Å². The first kappa shape index (κ1) is 14.9. The summed E-state index contributed by atoms with van der Waals surface area (Å²) in [7, 11) is 3.57. The fourth-order valence-electron chi connectivity index (χ4n) is 2.53. The number of aryl methyl sites for hydroxylation is 1. The SMILES string of the molecule is Cc1cc(C2CC=C(C(=O)N(C)C)S2)n(-c2ccccc2)n1. The van der Waals surface area contributed by atoms with E-state index >= 15 is 0 Å². The highest BCUT2D eigenvalue weighted by Gasteiger charge is 2.28. The Labute approximate surface area is 134 Å². The molecule has 1 atom stereocenters. The normalized spacial score (nSPS) is 17.4. The van der Waals surface area contributed by atoms with Crippen molar-refractivity contribution >= 4 is 17.7 Å². The number of likely N-dealkylation sites (N-methyl/N-ethyl adjacent to an activating group) is 1. The maximum absolute atomic E-state index is 12.1. The number of carbonyl (C=O) groups is 1. The number of nitrogens with zero attached hydrogens (tertiary/aromatic N) is 3. The molecule has 3 rings (SSSR count). The lowest BCUT2D eigenvalue weighted by Crippen LogP contribution is -2.21. The molecule has 1 aromatic heterocycles. The number of thioether (sulfide) groups is 1. The van der Waals surface area contributed by atoms with Gasteiger partial charge in [-0.05, 0) is 31.5 Å². The van der Waals surface area contributed by atoms with E-state index in [-0.39, 0.29) is 11.2 Å². The van der Waals surface area contributed by atoms with Crippen molar-refractivity contribution in [1.29, 1.82) is 0 Å². The predicted octanol–water partition coefficient (Wildman–Crippen LogP) is 3.33. The van der Waals surface area contributed by atoms with Crippen LogP contribution in [0.1, 0.15) is 23.1 Å². The summed E-state index contributed by atoms with van der Waals surface area (Å²) < 4.78 is 1.99. The molecule has 0 radical (unpaired) electrons. The summed E-state index contributed by atoms with van der Waals surface area (Å²) in [6.07, 6.45) is 2.90. The van der Waals surface area contributed by atoms with Gasteiger partial charge in [0.1, 0.15) is 0 Å². The second kappa shape index (κ2) is 6.01. The second-order valence-electron chi connectivity index (χ2n) is 5.57. The van der Waals surface area contributed by atoms with Crippen LogP contribution in [0.5, 0.6) is 0 Å². The Morgan fingerprint density at radius 2 is 2.05 bits per heavy atom. The average Bonchev–Trinajstić information content (AvgIpc) is 3.13. The van der Waals surface area contributed by atoms with Crippen LogP contribution in [0, 0.1) is 6.92 Å². The zero-order chi connectivity index (χ0) is 15.7. The molecule has 0 saturated carbocycles. The van der Waals surface area contributed by atoms with E-state index in [1.165, 1.54) is 0 Å². The molecule has 0 saturated heterocycles. The summed E-state index contributed by atoms with van der Waals surface area (Å²) >= 11 is 1.63. The maximum atomic E-state index is 12.1. The Morgan fingerprint density at radius 3 is 2.73 bits per heavy atom. The third-order valence-corrected chi connectivity index (χ3v) is 4.91. The molecule has 0 fully saturated rings. The van der Waals surface area contributed by atoms with Crippen molar-refractivity contribution in [1.82, 2.24) is 14.7 Å². The number of benzene rings is 1. The minimum atomic E-state index is 0.0787. The van der Waals surface area contributed by atoms with Crippen LogP contribution in [-0.4, -0.2) is 34.7 Å². The first-order valence-electron chi connectivity index (χ1n) is 7.26. The van der Waals surface area contributed by atoms with Gasteiger partial charge in [-0.25, -0.2) is 4.68 Å². The third kappa shape index (κ3) is 2.81. The van der Waals surface area contributed by atoms with E-state index in [0.717, 1.165) is 28.4 Å². The zero-order valence-electron chi connectivity index (χ0n) is 13.0. The smallest absolute Gasteiger partial charge is 0.259 e. The highest BCUT2D eigenvalue weighted by molar-refractivity contribution is 8.04. The van der Waals surface area contributed by atoms with Crippen LogP contribution in [0.4, 0.5) is 0 Å². The number of para-hydroxylation sites is 1. The Morgan fingerprint density at radius 1 is 1.32 bits per heavy atom. The number of hydrogen-bond donors (Lipinski definition) is 0. The van der Waals surface area contributed by atoms with Crippen molar-refractivity contribution in [2.24, 2.45) is 0 Å². The summed E-state index contributed by atoms with van der Waals surface area (Å²) in [6, 6.07) is 12.2. The van der Waals surface area contributed by atoms with E-state index in [9.17, 15) is 4.79 Å². The molecule has 1 aromatic carbocycles. The monoisotopic (exact) mass is 313 g/mol. The Bertz CT molecular complexity index is 719. The first-order valence-corrected chi connectivity index (χ1v) is 8.14. The van der Waals surface area contributed by atoms with Crippen molar-refractivity contribution in [2.45, 2.75) is 18.6 Å². The van der Waals surface area contributed by atoms with Gasteiger partial charge < -0.3 is 4.90 Å². The molecule has 0 bridgehead atoms. The van der Waals surface area contributed by atoms with Crippen molar-refractivity contribution in [3.8, 4) is 5.69 Å². The quantitative estimate of drug-likeness (QED) is 0.872. The molecule has 22 heavy (non-hydrogen) atoms. The molecule has 2 heterocycles. The number of aromatic nitrogens is 2. The van der Waals surface area contributed by atoms with Crippen molar-refractivity contribution < 1.29 is 4.79 Å². The molecule has 1 amide bonds. The maximum Gasteiger partial charge on any atom is 0.259 e.